The summed E-state index contributed by atoms with van der Waals surface area (Å²) in [5.74, 6) is -2.28. The number of hydrogen-bond donors (Lipinski definition) is 5. The molecule has 0 aliphatic rings. The van der Waals surface area contributed by atoms with Gasteiger partial charge in [0.1, 0.15) is 18.5 Å². The molecule has 3 amide bonds. The number of anilines is 1. The number of esters is 1. The van der Waals surface area contributed by atoms with E-state index < -0.39 is 23.8 Å². The third-order valence-corrected chi connectivity index (χ3v) is 7.11. The fourth-order valence-electron chi connectivity index (χ4n) is 4.65. The van der Waals surface area contributed by atoms with E-state index >= 15 is 0 Å². The minimum atomic E-state index is -0.787. The van der Waals surface area contributed by atoms with Crippen molar-refractivity contribution in [3.05, 3.63) is 125 Å². The molecule has 1 atom stereocenters. The quantitative estimate of drug-likeness (QED) is 0.0941. The molecule has 0 radical (unpaired) electrons. The Morgan fingerprint density at radius 2 is 1.40 bits per heavy atom. The number of ether oxygens (including phenoxy) is 1. The number of carbonyl (C=O) groups is 4. The van der Waals surface area contributed by atoms with E-state index in [1.54, 1.807) is 54.6 Å². The average molecular weight is 606 g/mol. The van der Waals surface area contributed by atoms with E-state index in [0.29, 0.717) is 22.4 Å². The Balaban J connectivity index is 1.71. The smallest absolute Gasteiger partial charge is 0.339 e. The van der Waals surface area contributed by atoms with Crippen molar-refractivity contribution in [2.45, 2.75) is 26.5 Å². The van der Waals surface area contributed by atoms with E-state index in [1.165, 1.54) is 19.2 Å². The molecule has 6 N–H and O–H groups in total. The number of carbonyl (C=O) groups excluding carboxylic acids is 4. The molecule has 0 heterocycles. The van der Waals surface area contributed by atoms with E-state index in [0.717, 1.165) is 5.56 Å². The Morgan fingerprint density at radius 3 is 2.04 bits per heavy atom. The maximum absolute atomic E-state index is 13.6. The molecule has 10 nitrogen and oxygen atoms in total. The van der Waals surface area contributed by atoms with E-state index in [4.69, 9.17) is 15.9 Å². The zero-order chi connectivity index (χ0) is 32.5. The third kappa shape index (κ3) is 7.99. The van der Waals surface area contributed by atoms with Gasteiger partial charge in [0.05, 0.1) is 5.56 Å². The number of rotatable bonds is 11. The Labute approximate surface area is 261 Å². The highest BCUT2D eigenvalue weighted by atomic mass is 16.5. The van der Waals surface area contributed by atoms with Gasteiger partial charge in [-0.1, -0.05) is 68.4 Å². The average Bonchev–Trinajstić information content (AvgIpc) is 3.05. The Kier molecular flexibility index (Phi) is 10.4. The molecule has 0 saturated carbocycles. The van der Waals surface area contributed by atoms with Gasteiger partial charge in [0.2, 0.25) is 5.91 Å². The standard InChI is InChI=1S/C35H35N5O5/c1-21(2)30(34(43)38-3)40-32(41)24-15-18-27(29(19-24)35(44)45-20-22-9-5-4-6-10-22)26-11-7-8-12-28(26)33(42)39-25-16-13-23(14-17-25)31(36)37/h4-19,21,30H,20H2,1-3H3,(H3,36,37)(H,38,43)(H,39,42)(H,40,41). The predicted molar refractivity (Wildman–Crippen MR) is 173 cm³/mol. The van der Waals surface area contributed by atoms with E-state index in [1.807, 2.05) is 44.2 Å². The first-order chi connectivity index (χ1) is 21.6. The molecule has 10 heteroatoms. The predicted octanol–water partition coefficient (Wildman–Crippen LogP) is 4.75. The molecule has 0 aliphatic carbocycles. The number of amides is 3. The molecule has 0 saturated heterocycles. The number of benzene rings is 4. The summed E-state index contributed by atoms with van der Waals surface area (Å²) in [7, 11) is 1.49. The molecule has 4 aromatic carbocycles. The van der Waals surface area contributed by atoms with Crippen LogP contribution in [0.15, 0.2) is 97.1 Å². The van der Waals surface area contributed by atoms with Gasteiger partial charge in [0.15, 0.2) is 0 Å². The first kappa shape index (κ1) is 32.2. The van der Waals surface area contributed by atoms with Gasteiger partial charge < -0.3 is 26.4 Å². The second-order valence-electron chi connectivity index (χ2n) is 10.6. The van der Waals surface area contributed by atoms with Gasteiger partial charge in [-0.05, 0) is 65.1 Å². The van der Waals surface area contributed by atoms with Crippen LogP contribution in [0.2, 0.25) is 0 Å². The largest absolute Gasteiger partial charge is 0.457 e. The summed E-state index contributed by atoms with van der Waals surface area (Å²) in [6.45, 7) is 3.63. The molecule has 1 unspecified atom stereocenters. The third-order valence-electron chi connectivity index (χ3n) is 7.11. The van der Waals surface area contributed by atoms with Crippen LogP contribution in [0.3, 0.4) is 0 Å². The molecule has 230 valence electrons. The fraction of sp³-hybridized carbons (Fsp3) is 0.171. The SMILES string of the molecule is CNC(=O)C(NC(=O)c1ccc(-c2ccccc2C(=O)Nc2ccc(C(=N)N)cc2)c(C(=O)OCc2ccccc2)c1)C(C)C. The van der Waals surface area contributed by atoms with Crippen LogP contribution in [0.1, 0.15) is 56.0 Å². The molecular weight excluding hydrogens is 570 g/mol. The van der Waals surface area contributed by atoms with Crippen LogP contribution in [-0.2, 0) is 16.1 Å². The van der Waals surface area contributed by atoms with Crippen LogP contribution >= 0.6 is 0 Å². The van der Waals surface area contributed by atoms with Crippen LogP contribution in [-0.4, -0.2) is 42.6 Å². The molecule has 4 rings (SSSR count). The Hall–Kier alpha value is -5.77. The highest BCUT2D eigenvalue weighted by molar-refractivity contribution is 6.11. The van der Waals surface area contributed by atoms with E-state index in [-0.39, 0.29) is 41.0 Å². The van der Waals surface area contributed by atoms with Gasteiger partial charge in [0, 0.05) is 29.4 Å². The minimum absolute atomic E-state index is 0.0000231. The molecule has 0 aliphatic heterocycles. The molecule has 0 bridgehead atoms. The van der Waals surface area contributed by atoms with Crippen molar-refractivity contribution in [3.63, 3.8) is 0 Å². The number of nitrogen functional groups attached to an aromatic ring is 1. The number of likely N-dealkylation sites (N-methyl/N-ethyl adjacent to an activating group) is 1. The van der Waals surface area contributed by atoms with Crippen molar-refractivity contribution in [1.29, 1.82) is 5.41 Å². The number of amidine groups is 1. The van der Waals surface area contributed by atoms with Crippen molar-refractivity contribution >= 4 is 35.2 Å². The summed E-state index contributed by atoms with van der Waals surface area (Å²) in [6, 6.07) is 26.2. The van der Waals surface area contributed by atoms with Crippen molar-refractivity contribution in [2.24, 2.45) is 11.7 Å². The monoisotopic (exact) mass is 605 g/mol. The molecule has 0 spiro atoms. The summed E-state index contributed by atoms with van der Waals surface area (Å²) in [5.41, 5.74) is 8.65. The molecular formula is C35H35N5O5. The second-order valence-corrected chi connectivity index (χ2v) is 10.6. The summed E-state index contributed by atoms with van der Waals surface area (Å²) in [5, 5.41) is 15.7. The summed E-state index contributed by atoms with van der Waals surface area (Å²) in [6.07, 6.45) is 0. The van der Waals surface area contributed by atoms with Crippen molar-refractivity contribution in [3.8, 4) is 11.1 Å². The van der Waals surface area contributed by atoms with Crippen LogP contribution in [0, 0.1) is 11.3 Å². The highest BCUT2D eigenvalue weighted by Crippen LogP contribution is 2.30. The lowest BCUT2D eigenvalue weighted by molar-refractivity contribution is -0.123. The Bertz CT molecular complexity index is 1720. The highest BCUT2D eigenvalue weighted by Gasteiger charge is 2.26. The summed E-state index contributed by atoms with van der Waals surface area (Å²) in [4.78, 5) is 52.7. The second kappa shape index (κ2) is 14.6. The minimum Gasteiger partial charge on any atom is -0.457 e. The van der Waals surface area contributed by atoms with Crippen LogP contribution in [0.25, 0.3) is 11.1 Å². The fourth-order valence-corrected chi connectivity index (χ4v) is 4.65. The van der Waals surface area contributed by atoms with Gasteiger partial charge in [-0.25, -0.2) is 4.79 Å². The normalized spacial score (nSPS) is 11.3. The molecule has 0 aromatic heterocycles. The molecule has 4 aromatic rings. The van der Waals surface area contributed by atoms with Gasteiger partial charge in [-0.2, -0.15) is 0 Å². The molecule has 0 fully saturated rings. The topological polar surface area (TPSA) is 163 Å². The van der Waals surface area contributed by atoms with Crippen molar-refractivity contribution in [2.75, 3.05) is 12.4 Å². The van der Waals surface area contributed by atoms with Gasteiger partial charge in [-0.15, -0.1) is 0 Å². The first-order valence-corrected chi connectivity index (χ1v) is 14.3. The van der Waals surface area contributed by atoms with Gasteiger partial charge >= 0.3 is 5.97 Å². The molecule has 45 heavy (non-hydrogen) atoms. The van der Waals surface area contributed by atoms with Crippen LogP contribution < -0.4 is 21.7 Å². The lowest BCUT2D eigenvalue weighted by Gasteiger charge is -2.21. The van der Waals surface area contributed by atoms with Crippen LogP contribution in [0.4, 0.5) is 5.69 Å². The summed E-state index contributed by atoms with van der Waals surface area (Å²) < 4.78 is 5.65. The maximum atomic E-state index is 13.6. The van der Waals surface area contributed by atoms with Crippen molar-refractivity contribution in [1.82, 2.24) is 10.6 Å². The van der Waals surface area contributed by atoms with E-state index in [2.05, 4.69) is 16.0 Å². The lowest BCUT2D eigenvalue weighted by Crippen LogP contribution is -2.48. The maximum Gasteiger partial charge on any atom is 0.339 e. The van der Waals surface area contributed by atoms with Gasteiger partial charge in [0.25, 0.3) is 11.8 Å². The number of nitrogens with two attached hydrogens (primary N) is 1. The van der Waals surface area contributed by atoms with Crippen LogP contribution in [0.5, 0.6) is 0 Å². The van der Waals surface area contributed by atoms with E-state index in [9.17, 15) is 19.2 Å². The number of hydrogen-bond acceptors (Lipinski definition) is 6. The van der Waals surface area contributed by atoms with Crippen molar-refractivity contribution < 1.29 is 23.9 Å². The summed E-state index contributed by atoms with van der Waals surface area (Å²) >= 11 is 0. The lowest BCUT2D eigenvalue weighted by atomic mass is 9.93. The zero-order valence-corrected chi connectivity index (χ0v) is 25.2. The zero-order valence-electron chi connectivity index (χ0n) is 25.2. The van der Waals surface area contributed by atoms with Gasteiger partial charge in [-0.3, -0.25) is 19.8 Å². The Morgan fingerprint density at radius 1 is 0.778 bits per heavy atom. The number of nitrogens with one attached hydrogen (secondary N) is 4. The first-order valence-electron chi connectivity index (χ1n) is 14.3.